The SMILES string of the molecule is CC/C=C\C/C=C\C/C=C\C/C=C\C/C=C\C/C=C\C/C=C\CCCCCCCCCCCC(=O)OC(COC(=O)CCCCCCCCCCCC)COP(=O)(O)OCC[N+](C)(C)C. The first-order valence-electron chi connectivity index (χ1n) is 25.8. The molecule has 2 atom stereocenters. The van der Waals surface area contributed by atoms with Crippen molar-refractivity contribution in [2.45, 2.75) is 206 Å². The molecule has 0 saturated heterocycles. The first-order chi connectivity index (χ1) is 31.5. The molecule has 2 unspecified atom stereocenters. The maximum Gasteiger partial charge on any atom is 0.472 e. The van der Waals surface area contributed by atoms with Gasteiger partial charge in [0.1, 0.15) is 19.8 Å². The summed E-state index contributed by atoms with van der Waals surface area (Å²) in [6.07, 6.45) is 60.8. The zero-order valence-corrected chi connectivity index (χ0v) is 43.1. The Morgan fingerprint density at radius 3 is 1.31 bits per heavy atom. The molecule has 0 aliphatic carbocycles. The predicted molar refractivity (Wildman–Crippen MR) is 275 cm³/mol. The summed E-state index contributed by atoms with van der Waals surface area (Å²) in [7, 11) is 1.46. The van der Waals surface area contributed by atoms with Gasteiger partial charge in [-0.2, -0.15) is 0 Å². The van der Waals surface area contributed by atoms with Crippen LogP contribution in [0.15, 0.2) is 85.1 Å². The number of ether oxygens (including phenoxy) is 2. The molecular weight excluding hydrogens is 834 g/mol. The van der Waals surface area contributed by atoms with E-state index in [0.29, 0.717) is 17.4 Å². The smallest absolute Gasteiger partial charge is 0.462 e. The van der Waals surface area contributed by atoms with Crippen LogP contribution in [0.2, 0.25) is 0 Å². The Bertz CT molecular complexity index is 1380. The van der Waals surface area contributed by atoms with Crippen molar-refractivity contribution in [2.24, 2.45) is 0 Å². The summed E-state index contributed by atoms with van der Waals surface area (Å²) in [4.78, 5) is 35.4. The van der Waals surface area contributed by atoms with Gasteiger partial charge in [0, 0.05) is 12.8 Å². The molecule has 0 saturated carbocycles. The Hall–Kier alpha value is -2.81. The lowest BCUT2D eigenvalue weighted by molar-refractivity contribution is -0.870. The molecule has 0 radical (unpaired) electrons. The molecule has 0 rings (SSSR count). The monoisotopic (exact) mass is 931 g/mol. The van der Waals surface area contributed by atoms with Crippen molar-refractivity contribution < 1.29 is 42.1 Å². The number of phosphoric ester groups is 1. The number of carbonyl (C=O) groups excluding carboxylic acids is 2. The molecule has 374 valence electrons. The average Bonchev–Trinajstić information content (AvgIpc) is 3.26. The molecule has 0 aliphatic rings. The van der Waals surface area contributed by atoms with Crippen molar-refractivity contribution in [3.63, 3.8) is 0 Å². The molecule has 0 aromatic rings. The van der Waals surface area contributed by atoms with Gasteiger partial charge in [0.05, 0.1) is 27.7 Å². The second-order valence-electron chi connectivity index (χ2n) is 18.2. The predicted octanol–water partition coefficient (Wildman–Crippen LogP) is 15.5. The molecule has 0 heterocycles. The van der Waals surface area contributed by atoms with Gasteiger partial charge in [0.2, 0.25) is 0 Å². The van der Waals surface area contributed by atoms with Gasteiger partial charge >= 0.3 is 19.8 Å². The van der Waals surface area contributed by atoms with Crippen LogP contribution in [0.25, 0.3) is 0 Å². The van der Waals surface area contributed by atoms with Crippen molar-refractivity contribution >= 4 is 19.8 Å². The molecule has 10 heteroatoms. The normalized spacial score (nSPS) is 14.1. The lowest BCUT2D eigenvalue weighted by Gasteiger charge is -2.24. The summed E-state index contributed by atoms with van der Waals surface area (Å²) < 4.78 is 34.4. The molecule has 0 fully saturated rings. The summed E-state index contributed by atoms with van der Waals surface area (Å²) in [5.41, 5.74) is 0. The van der Waals surface area contributed by atoms with Gasteiger partial charge in [-0.05, 0) is 70.6 Å². The summed E-state index contributed by atoms with van der Waals surface area (Å²) in [5.74, 6) is -0.809. The largest absolute Gasteiger partial charge is 0.472 e. The fraction of sp³-hybridized carbons (Fsp3) is 0.709. The minimum atomic E-state index is -4.38. The first kappa shape index (κ1) is 62.2. The Balaban J connectivity index is 4.15. The van der Waals surface area contributed by atoms with Crippen molar-refractivity contribution in [2.75, 3.05) is 47.5 Å². The van der Waals surface area contributed by atoms with E-state index in [1.54, 1.807) is 0 Å². The molecule has 9 nitrogen and oxygen atoms in total. The van der Waals surface area contributed by atoms with Crippen molar-refractivity contribution in [3.05, 3.63) is 85.1 Å². The standard InChI is InChI=1S/C55H96NO8P/c1-6-8-10-12-14-16-18-19-20-21-22-23-24-25-26-27-28-29-30-31-32-33-34-35-36-37-38-40-42-44-46-48-55(58)64-53(52-63-65(59,60)62-50-49-56(3,4)5)51-61-54(57)47-45-43-41-39-17-15-13-11-9-7-2/h8,10,14,16,19-20,22-23,25-26,28-29,31-32,53H,6-7,9,11-13,15,17-18,21,24,27,30,33-52H2,1-5H3/p+1/b10-8-,16-14-,20-19-,23-22-,26-25-,29-28-,32-31-. The van der Waals surface area contributed by atoms with E-state index in [0.717, 1.165) is 89.9 Å². The van der Waals surface area contributed by atoms with Crippen molar-refractivity contribution in [1.29, 1.82) is 0 Å². The Morgan fingerprint density at radius 2 is 0.877 bits per heavy atom. The van der Waals surface area contributed by atoms with E-state index in [1.165, 1.54) is 77.0 Å². The zero-order valence-electron chi connectivity index (χ0n) is 42.2. The van der Waals surface area contributed by atoms with Crippen LogP contribution in [0.5, 0.6) is 0 Å². The maximum absolute atomic E-state index is 12.7. The third-order valence-corrected chi connectivity index (χ3v) is 11.7. The van der Waals surface area contributed by atoms with E-state index >= 15 is 0 Å². The van der Waals surface area contributed by atoms with Gasteiger partial charge in [-0.1, -0.05) is 202 Å². The number of esters is 2. The number of quaternary nitrogens is 1. The van der Waals surface area contributed by atoms with Crippen LogP contribution in [0.4, 0.5) is 0 Å². The summed E-state index contributed by atoms with van der Waals surface area (Å²) >= 11 is 0. The fourth-order valence-electron chi connectivity index (χ4n) is 6.70. The maximum atomic E-state index is 12.7. The lowest BCUT2D eigenvalue weighted by atomic mass is 10.1. The molecule has 0 bridgehead atoms. The number of carbonyl (C=O) groups is 2. The van der Waals surface area contributed by atoms with Gasteiger partial charge in [-0.3, -0.25) is 18.6 Å². The summed E-state index contributed by atoms with van der Waals surface area (Å²) in [6, 6.07) is 0. The minimum Gasteiger partial charge on any atom is -0.462 e. The number of allylic oxidation sites excluding steroid dienone is 14. The highest BCUT2D eigenvalue weighted by molar-refractivity contribution is 7.47. The number of unbranched alkanes of at least 4 members (excludes halogenated alkanes) is 18. The van der Waals surface area contributed by atoms with Crippen LogP contribution in [0.1, 0.15) is 200 Å². The van der Waals surface area contributed by atoms with E-state index < -0.39 is 26.5 Å². The fourth-order valence-corrected chi connectivity index (χ4v) is 7.44. The van der Waals surface area contributed by atoms with E-state index in [9.17, 15) is 19.0 Å². The van der Waals surface area contributed by atoms with E-state index in [1.807, 2.05) is 21.1 Å². The number of hydrogen-bond acceptors (Lipinski definition) is 7. The van der Waals surface area contributed by atoms with Gasteiger partial charge in [0.15, 0.2) is 6.10 Å². The third kappa shape index (κ3) is 50.4. The molecule has 1 N–H and O–H groups in total. The lowest BCUT2D eigenvalue weighted by Crippen LogP contribution is -2.37. The number of nitrogens with zero attached hydrogens (tertiary/aromatic N) is 1. The number of hydrogen-bond donors (Lipinski definition) is 1. The average molecular weight is 931 g/mol. The zero-order chi connectivity index (χ0) is 47.8. The van der Waals surface area contributed by atoms with Crippen LogP contribution < -0.4 is 0 Å². The van der Waals surface area contributed by atoms with Crippen LogP contribution in [-0.2, 0) is 32.7 Å². The molecule has 0 spiro atoms. The molecule has 0 aromatic carbocycles. The van der Waals surface area contributed by atoms with Crippen LogP contribution >= 0.6 is 7.82 Å². The van der Waals surface area contributed by atoms with Gasteiger partial charge < -0.3 is 18.9 Å². The summed E-state index contributed by atoms with van der Waals surface area (Å²) in [6.45, 7) is 4.28. The molecule has 65 heavy (non-hydrogen) atoms. The summed E-state index contributed by atoms with van der Waals surface area (Å²) in [5, 5.41) is 0. The van der Waals surface area contributed by atoms with Crippen LogP contribution in [0.3, 0.4) is 0 Å². The van der Waals surface area contributed by atoms with Crippen LogP contribution in [0, 0.1) is 0 Å². The van der Waals surface area contributed by atoms with E-state index in [4.69, 9.17) is 18.5 Å². The quantitative estimate of drug-likeness (QED) is 0.0211. The Labute approximate surface area is 399 Å². The second kappa shape index (κ2) is 46.3. The van der Waals surface area contributed by atoms with Crippen LogP contribution in [-0.4, -0.2) is 74.9 Å². The topological polar surface area (TPSA) is 108 Å². The van der Waals surface area contributed by atoms with E-state index in [2.05, 4.69) is 98.9 Å². The molecule has 0 aromatic heterocycles. The molecule has 0 amide bonds. The van der Waals surface area contributed by atoms with Crippen molar-refractivity contribution in [1.82, 2.24) is 0 Å². The van der Waals surface area contributed by atoms with Gasteiger partial charge in [-0.25, -0.2) is 4.57 Å². The van der Waals surface area contributed by atoms with Gasteiger partial charge in [0.25, 0.3) is 0 Å². The Morgan fingerprint density at radius 1 is 0.492 bits per heavy atom. The van der Waals surface area contributed by atoms with E-state index in [-0.39, 0.29) is 32.0 Å². The highest BCUT2D eigenvalue weighted by Gasteiger charge is 2.27. The van der Waals surface area contributed by atoms with Gasteiger partial charge in [-0.15, -0.1) is 0 Å². The highest BCUT2D eigenvalue weighted by atomic mass is 31.2. The van der Waals surface area contributed by atoms with Crippen molar-refractivity contribution in [3.8, 4) is 0 Å². The molecular formula is C55H97NO8P+. The second-order valence-corrected chi connectivity index (χ2v) is 19.6. The number of likely N-dealkylation sites (N-methyl/N-ethyl adjacent to an activating group) is 1. The number of phosphoric acid groups is 1. The minimum absolute atomic E-state index is 0.0278. The number of rotatable bonds is 46. The Kier molecular flexibility index (Phi) is 44.3. The highest BCUT2D eigenvalue weighted by Crippen LogP contribution is 2.43. The molecule has 0 aliphatic heterocycles. The first-order valence-corrected chi connectivity index (χ1v) is 27.3. The third-order valence-electron chi connectivity index (χ3n) is 10.7.